The Hall–Kier alpha value is -1.86. The van der Waals surface area contributed by atoms with E-state index < -0.39 is 0 Å². The van der Waals surface area contributed by atoms with E-state index in [2.05, 4.69) is 68.7 Å². The highest BCUT2D eigenvalue weighted by molar-refractivity contribution is 7.10. The number of carbonyl (C=O) groups is 1. The first-order chi connectivity index (χ1) is 15.2. The van der Waals surface area contributed by atoms with E-state index >= 15 is 0 Å². The molecular formula is C28H36N2OS. The standard InChI is InChI=1S/C28H36N2OS/c1-26(2,24-6-5-15-32-24)30-25(31)23-10-9-21-20-8-7-19-16-18(17-29)11-13-27(19,3)22(20)12-14-28(21,23)4/h5-7,15-16,20-23H,8-14H2,1-4H3,(H,30,31)/t20-,21-,22-,23+,27-,28-/m0/s1. The van der Waals surface area contributed by atoms with Gasteiger partial charge in [0.25, 0.3) is 0 Å². The lowest BCUT2D eigenvalue weighted by atomic mass is 9.48. The molecule has 1 aromatic heterocycles. The number of allylic oxidation sites excluding steroid dienone is 4. The fraction of sp³-hybridized carbons (Fsp3) is 0.643. The van der Waals surface area contributed by atoms with Gasteiger partial charge in [0.1, 0.15) is 0 Å². The molecule has 4 aliphatic carbocycles. The predicted octanol–water partition coefficient (Wildman–Crippen LogP) is 6.74. The number of thiophene rings is 1. The van der Waals surface area contributed by atoms with Crippen molar-refractivity contribution in [3.63, 3.8) is 0 Å². The first kappa shape index (κ1) is 22.0. The summed E-state index contributed by atoms with van der Waals surface area (Å²) in [7, 11) is 0. The van der Waals surface area contributed by atoms with Gasteiger partial charge in [0.05, 0.1) is 11.6 Å². The van der Waals surface area contributed by atoms with E-state index in [0.717, 1.165) is 37.7 Å². The zero-order valence-electron chi connectivity index (χ0n) is 19.9. The summed E-state index contributed by atoms with van der Waals surface area (Å²) in [6, 6.07) is 6.58. The van der Waals surface area contributed by atoms with Crippen LogP contribution in [0.15, 0.2) is 40.8 Å². The summed E-state index contributed by atoms with van der Waals surface area (Å²) in [5, 5.41) is 14.9. The van der Waals surface area contributed by atoms with Gasteiger partial charge in [-0.05, 0) is 110 Å². The van der Waals surface area contributed by atoms with Gasteiger partial charge in [0.2, 0.25) is 5.91 Å². The van der Waals surface area contributed by atoms with Gasteiger partial charge in [-0.2, -0.15) is 5.26 Å². The van der Waals surface area contributed by atoms with Crippen LogP contribution in [0, 0.1) is 45.8 Å². The third-order valence-electron chi connectivity index (χ3n) is 9.80. The highest BCUT2D eigenvalue weighted by atomic mass is 32.1. The topological polar surface area (TPSA) is 52.9 Å². The van der Waals surface area contributed by atoms with Crippen LogP contribution in [0.5, 0.6) is 0 Å². The van der Waals surface area contributed by atoms with Crippen molar-refractivity contribution in [2.24, 2.45) is 34.5 Å². The van der Waals surface area contributed by atoms with E-state index in [0.29, 0.717) is 17.8 Å². The molecule has 0 bridgehead atoms. The summed E-state index contributed by atoms with van der Waals surface area (Å²) in [6.07, 6.45) is 12.3. The highest BCUT2D eigenvalue weighted by Gasteiger charge is 2.59. The Balaban J connectivity index is 1.38. The third-order valence-corrected chi connectivity index (χ3v) is 11.0. The molecule has 1 heterocycles. The molecule has 2 fully saturated rings. The van der Waals surface area contributed by atoms with Crippen molar-refractivity contribution in [1.82, 2.24) is 5.32 Å². The number of hydrogen-bond acceptors (Lipinski definition) is 3. The summed E-state index contributed by atoms with van der Waals surface area (Å²) in [5.41, 5.74) is 2.33. The molecule has 0 radical (unpaired) electrons. The molecular weight excluding hydrogens is 412 g/mol. The summed E-state index contributed by atoms with van der Waals surface area (Å²) in [5.74, 6) is 2.34. The molecule has 0 unspecified atom stereocenters. The van der Waals surface area contributed by atoms with Gasteiger partial charge >= 0.3 is 0 Å². The van der Waals surface area contributed by atoms with Crippen LogP contribution in [-0.4, -0.2) is 5.91 Å². The lowest BCUT2D eigenvalue weighted by Crippen LogP contribution is -2.52. The van der Waals surface area contributed by atoms with Gasteiger partial charge in [-0.15, -0.1) is 11.3 Å². The van der Waals surface area contributed by atoms with Crippen LogP contribution in [0.2, 0.25) is 0 Å². The van der Waals surface area contributed by atoms with Gasteiger partial charge in [-0.25, -0.2) is 0 Å². The van der Waals surface area contributed by atoms with Gasteiger partial charge < -0.3 is 5.32 Å². The lowest BCUT2D eigenvalue weighted by Gasteiger charge is -2.57. The minimum Gasteiger partial charge on any atom is -0.346 e. The van der Waals surface area contributed by atoms with Crippen molar-refractivity contribution < 1.29 is 4.79 Å². The minimum atomic E-state index is -0.320. The maximum atomic E-state index is 13.6. The zero-order valence-corrected chi connectivity index (χ0v) is 20.7. The van der Waals surface area contributed by atoms with Gasteiger partial charge in [-0.1, -0.05) is 26.0 Å². The summed E-state index contributed by atoms with van der Waals surface area (Å²) in [6.45, 7) is 9.12. The molecule has 2 saturated carbocycles. The molecule has 6 atom stereocenters. The van der Waals surface area contributed by atoms with E-state index in [4.69, 9.17) is 0 Å². The SMILES string of the molecule is CC(C)(NC(=O)[C@H]1CC[C@H]2[C@@H]3CC=C4C=C(C#N)CC[C@]4(C)[C@H]3CC[C@]12C)c1cccs1. The van der Waals surface area contributed by atoms with Crippen molar-refractivity contribution in [2.75, 3.05) is 0 Å². The number of nitrogens with one attached hydrogen (secondary N) is 1. The molecule has 1 aromatic rings. The zero-order chi connectivity index (χ0) is 22.7. The molecule has 170 valence electrons. The molecule has 0 saturated heterocycles. The molecule has 0 aromatic carbocycles. The molecule has 5 rings (SSSR count). The number of carbonyl (C=O) groups excluding carboxylic acids is 1. The Morgan fingerprint density at radius 2 is 2.03 bits per heavy atom. The van der Waals surface area contributed by atoms with E-state index in [1.165, 1.54) is 23.3 Å². The number of rotatable bonds is 3. The average molecular weight is 449 g/mol. The van der Waals surface area contributed by atoms with Crippen molar-refractivity contribution >= 4 is 17.2 Å². The fourth-order valence-corrected chi connectivity index (χ4v) is 8.74. The highest BCUT2D eigenvalue weighted by Crippen LogP contribution is 2.66. The van der Waals surface area contributed by atoms with Crippen LogP contribution in [-0.2, 0) is 10.3 Å². The summed E-state index contributed by atoms with van der Waals surface area (Å²) >= 11 is 1.72. The fourth-order valence-electron chi connectivity index (χ4n) is 7.94. The van der Waals surface area contributed by atoms with Crippen LogP contribution in [0.3, 0.4) is 0 Å². The number of hydrogen-bond donors (Lipinski definition) is 1. The monoisotopic (exact) mass is 448 g/mol. The molecule has 32 heavy (non-hydrogen) atoms. The number of nitriles is 1. The van der Waals surface area contributed by atoms with Gasteiger partial charge in [0.15, 0.2) is 0 Å². The number of fused-ring (bicyclic) bond motifs is 5. The Morgan fingerprint density at radius 1 is 1.22 bits per heavy atom. The Bertz CT molecular complexity index is 1010. The first-order valence-electron chi connectivity index (χ1n) is 12.4. The summed E-state index contributed by atoms with van der Waals surface area (Å²) in [4.78, 5) is 14.8. The maximum Gasteiger partial charge on any atom is 0.224 e. The Morgan fingerprint density at radius 3 is 2.75 bits per heavy atom. The van der Waals surface area contributed by atoms with E-state index in [9.17, 15) is 10.1 Å². The van der Waals surface area contributed by atoms with Crippen LogP contribution in [0.4, 0.5) is 0 Å². The predicted molar refractivity (Wildman–Crippen MR) is 130 cm³/mol. The number of nitrogens with zero attached hydrogens (tertiary/aromatic N) is 1. The second-order valence-electron chi connectivity index (χ2n) is 11.7. The Labute approximate surface area is 197 Å². The normalized spacial score (nSPS) is 38.5. The molecule has 4 aliphatic rings. The van der Waals surface area contributed by atoms with Gasteiger partial charge in [-0.3, -0.25) is 4.79 Å². The summed E-state index contributed by atoms with van der Waals surface area (Å²) < 4.78 is 0. The molecule has 1 N–H and O–H groups in total. The van der Waals surface area contributed by atoms with Crippen LogP contribution < -0.4 is 5.32 Å². The lowest BCUT2D eigenvalue weighted by molar-refractivity contribution is -0.133. The smallest absolute Gasteiger partial charge is 0.224 e. The number of amides is 1. The molecule has 4 heteroatoms. The molecule has 1 amide bonds. The Kier molecular flexibility index (Phi) is 5.21. The largest absolute Gasteiger partial charge is 0.346 e. The third kappa shape index (κ3) is 3.23. The van der Waals surface area contributed by atoms with Crippen LogP contribution in [0.1, 0.15) is 77.5 Å². The quantitative estimate of drug-likeness (QED) is 0.557. The van der Waals surface area contributed by atoms with Crippen LogP contribution >= 0.6 is 11.3 Å². The maximum absolute atomic E-state index is 13.6. The van der Waals surface area contributed by atoms with Crippen molar-refractivity contribution in [3.8, 4) is 6.07 Å². The first-order valence-corrected chi connectivity index (χ1v) is 13.2. The van der Waals surface area contributed by atoms with Crippen molar-refractivity contribution in [2.45, 2.75) is 78.2 Å². The minimum absolute atomic E-state index is 0.0980. The molecule has 0 aliphatic heterocycles. The van der Waals surface area contributed by atoms with Crippen LogP contribution in [0.25, 0.3) is 0 Å². The van der Waals surface area contributed by atoms with Crippen molar-refractivity contribution in [3.05, 3.63) is 45.7 Å². The van der Waals surface area contributed by atoms with E-state index in [1.54, 1.807) is 11.3 Å². The van der Waals surface area contributed by atoms with Gasteiger partial charge in [0, 0.05) is 16.4 Å². The average Bonchev–Trinajstić information content (AvgIpc) is 3.41. The van der Waals surface area contributed by atoms with Crippen molar-refractivity contribution in [1.29, 1.82) is 5.26 Å². The van der Waals surface area contributed by atoms with E-state index in [1.807, 2.05) is 0 Å². The molecule has 0 spiro atoms. The second-order valence-corrected chi connectivity index (χ2v) is 12.7. The van der Waals surface area contributed by atoms with E-state index in [-0.39, 0.29) is 28.2 Å². The second kappa shape index (κ2) is 7.59. The molecule has 3 nitrogen and oxygen atoms in total.